The van der Waals surface area contributed by atoms with Gasteiger partial charge in [-0.25, -0.2) is 12.8 Å². The van der Waals surface area contributed by atoms with Crippen molar-refractivity contribution in [2.75, 3.05) is 6.54 Å². The highest BCUT2D eigenvalue weighted by Gasteiger charge is 2.58. The smallest absolute Gasteiger partial charge is 0.369 e. The van der Waals surface area contributed by atoms with E-state index in [2.05, 4.69) is 5.32 Å². The molecule has 2 aromatic carbocycles. The van der Waals surface area contributed by atoms with Crippen LogP contribution in [0.4, 0.5) is 17.6 Å². The second kappa shape index (κ2) is 9.79. The second-order valence-corrected chi connectivity index (χ2v) is 14.1. The number of nitrogens with zero attached hydrogens (tertiary/aromatic N) is 1. The first-order chi connectivity index (χ1) is 19.3. The molecule has 220 valence electrons. The van der Waals surface area contributed by atoms with E-state index in [-0.39, 0.29) is 45.8 Å². The number of carbonyl (C=O) groups excluding carboxylic acids is 2. The molecule has 4 bridgehead atoms. The number of carbonyl (C=O) groups is 2. The van der Waals surface area contributed by atoms with Crippen molar-refractivity contribution in [3.05, 3.63) is 53.8 Å². The van der Waals surface area contributed by atoms with Crippen molar-refractivity contribution < 1.29 is 35.6 Å². The van der Waals surface area contributed by atoms with Crippen LogP contribution >= 0.6 is 0 Å². The number of sulfonamides is 1. The van der Waals surface area contributed by atoms with Crippen LogP contribution in [0, 0.1) is 29.0 Å². The van der Waals surface area contributed by atoms with Crippen LogP contribution < -0.4 is 11.1 Å². The van der Waals surface area contributed by atoms with Crippen LogP contribution in [0.1, 0.15) is 50.5 Å². The van der Waals surface area contributed by atoms with Crippen molar-refractivity contribution >= 4 is 21.8 Å². The first-order valence-corrected chi connectivity index (χ1v) is 15.3. The summed E-state index contributed by atoms with van der Waals surface area (Å²) in [6, 6.07) is 6.69. The Kier molecular flexibility index (Phi) is 6.72. The molecule has 5 aliphatic carbocycles. The molecular weight excluding hydrogens is 562 g/mol. The lowest BCUT2D eigenvalue weighted by Crippen LogP contribution is -2.62. The molecule has 0 spiro atoms. The lowest BCUT2D eigenvalue weighted by Gasteiger charge is -2.58. The lowest BCUT2D eigenvalue weighted by molar-refractivity contribution is -0.147. The van der Waals surface area contributed by atoms with Gasteiger partial charge in [0.2, 0.25) is 21.8 Å². The summed E-state index contributed by atoms with van der Waals surface area (Å²) in [4.78, 5) is 25.1. The van der Waals surface area contributed by atoms with Crippen molar-refractivity contribution in [2.45, 2.75) is 68.1 Å². The van der Waals surface area contributed by atoms with Crippen LogP contribution in [0.25, 0.3) is 11.1 Å². The number of alkyl halides is 3. The zero-order valence-corrected chi connectivity index (χ0v) is 23.0. The van der Waals surface area contributed by atoms with Gasteiger partial charge in [0, 0.05) is 23.1 Å². The maximum absolute atomic E-state index is 15.1. The molecule has 7 rings (SSSR count). The molecule has 41 heavy (non-hydrogen) atoms. The minimum Gasteiger partial charge on any atom is -0.369 e. The number of hydrogen-bond donors (Lipinski definition) is 2. The Balaban J connectivity index is 1.17. The van der Waals surface area contributed by atoms with Crippen LogP contribution in [-0.2, 0) is 25.8 Å². The molecule has 0 saturated heterocycles. The summed E-state index contributed by atoms with van der Waals surface area (Å²) in [5, 5.41) is 3.06. The minimum atomic E-state index is -4.53. The molecule has 0 aromatic heterocycles. The monoisotopic (exact) mass is 593 g/mol. The molecule has 2 atom stereocenters. The maximum atomic E-state index is 15.1. The Morgan fingerprint density at radius 1 is 1.00 bits per heavy atom. The van der Waals surface area contributed by atoms with Gasteiger partial charge in [-0.2, -0.15) is 17.5 Å². The molecule has 12 heteroatoms. The normalized spacial score (nSPS) is 29.1. The van der Waals surface area contributed by atoms with Crippen molar-refractivity contribution in [2.24, 2.45) is 28.9 Å². The fourth-order valence-electron chi connectivity index (χ4n) is 7.57. The van der Waals surface area contributed by atoms with E-state index in [1.165, 1.54) is 12.1 Å². The summed E-state index contributed by atoms with van der Waals surface area (Å²) in [5.41, 5.74) is 4.51. The highest BCUT2D eigenvalue weighted by atomic mass is 32.2. The first-order valence-electron chi connectivity index (χ1n) is 13.9. The Hall–Kier alpha value is -2.99. The Labute approximate surface area is 235 Å². The molecule has 5 saturated carbocycles. The van der Waals surface area contributed by atoms with Crippen molar-refractivity contribution in [3.8, 4) is 11.1 Å². The highest BCUT2D eigenvalue weighted by Crippen LogP contribution is 2.60. The van der Waals surface area contributed by atoms with E-state index in [0.717, 1.165) is 53.9 Å². The third kappa shape index (κ3) is 5.13. The summed E-state index contributed by atoms with van der Waals surface area (Å²) < 4.78 is 82.0. The average Bonchev–Trinajstić information content (AvgIpc) is 3.73. The topological polar surface area (TPSA) is 110 Å². The quantitative estimate of drug-likeness (QED) is 0.441. The molecule has 5 fully saturated rings. The largest absolute Gasteiger partial charge is 0.416 e. The third-order valence-electron chi connectivity index (χ3n) is 9.45. The standard InChI is InChI=1S/C29H31F4N3O4S/c30-24-11-22(7-8-23(24)17-1-3-20(4-2-17)29(31,32)33)41(39,40)36(21-5-6-21)15-25(37)35-26-18-9-16-10-19(26)14-28(12-16,13-18)27(34)38/h1-4,7-8,11,16,18-19,21,26H,5-6,9-10,12-15H2,(H2,34,38)(H,35,37). The van der Waals surface area contributed by atoms with Crippen LogP contribution in [0.3, 0.4) is 0 Å². The van der Waals surface area contributed by atoms with Gasteiger partial charge in [-0.1, -0.05) is 18.2 Å². The van der Waals surface area contributed by atoms with Gasteiger partial charge in [0.15, 0.2) is 0 Å². The van der Waals surface area contributed by atoms with E-state index >= 15 is 4.39 Å². The zero-order chi connectivity index (χ0) is 29.3. The molecule has 3 N–H and O–H groups in total. The van der Waals surface area contributed by atoms with Crippen LogP contribution in [0.15, 0.2) is 47.4 Å². The zero-order valence-electron chi connectivity index (χ0n) is 22.2. The number of hydrogen-bond acceptors (Lipinski definition) is 4. The van der Waals surface area contributed by atoms with Gasteiger partial charge >= 0.3 is 6.18 Å². The predicted octanol–water partition coefficient (Wildman–Crippen LogP) is 4.46. The number of amides is 2. The van der Waals surface area contributed by atoms with Crippen molar-refractivity contribution in [3.63, 3.8) is 0 Å². The van der Waals surface area contributed by atoms with E-state index in [9.17, 15) is 31.2 Å². The van der Waals surface area contributed by atoms with Gasteiger partial charge in [0.25, 0.3) is 0 Å². The number of nitrogens with one attached hydrogen (secondary N) is 1. The molecule has 0 aliphatic heterocycles. The Morgan fingerprint density at radius 3 is 2.17 bits per heavy atom. The molecule has 5 aliphatic rings. The fraction of sp³-hybridized carbons (Fsp3) is 0.517. The van der Waals surface area contributed by atoms with Gasteiger partial charge in [0.1, 0.15) is 5.82 Å². The van der Waals surface area contributed by atoms with Crippen molar-refractivity contribution in [1.82, 2.24) is 9.62 Å². The van der Waals surface area contributed by atoms with E-state index in [1.54, 1.807) is 0 Å². The van der Waals surface area contributed by atoms with Gasteiger partial charge in [-0.05, 0) is 92.5 Å². The Bertz CT molecular complexity index is 1470. The molecule has 2 unspecified atom stereocenters. The Morgan fingerprint density at radius 2 is 1.63 bits per heavy atom. The summed E-state index contributed by atoms with van der Waals surface area (Å²) >= 11 is 0. The minimum absolute atomic E-state index is 0.0380. The molecule has 2 aromatic rings. The predicted molar refractivity (Wildman–Crippen MR) is 141 cm³/mol. The number of benzene rings is 2. The molecule has 0 radical (unpaired) electrons. The third-order valence-corrected chi connectivity index (χ3v) is 11.3. The maximum Gasteiger partial charge on any atom is 0.416 e. The highest BCUT2D eigenvalue weighted by molar-refractivity contribution is 7.89. The average molecular weight is 594 g/mol. The number of halogens is 4. The summed E-state index contributed by atoms with van der Waals surface area (Å²) in [5.74, 6) is -0.955. The SMILES string of the molecule is NC(=O)C12CC3CC(C1)C(NC(=O)CN(C1CC1)S(=O)(=O)c1ccc(-c4ccc(C(F)(F)F)cc4)c(F)c1)C(C3)C2. The number of primary amides is 1. The van der Waals surface area contributed by atoms with Gasteiger partial charge in [-0.15, -0.1) is 0 Å². The van der Waals surface area contributed by atoms with E-state index in [1.807, 2.05) is 0 Å². The molecular formula is C29H31F4N3O4S. The van der Waals surface area contributed by atoms with Crippen LogP contribution in [0.5, 0.6) is 0 Å². The van der Waals surface area contributed by atoms with E-state index in [4.69, 9.17) is 5.73 Å². The van der Waals surface area contributed by atoms with Gasteiger partial charge in [-0.3, -0.25) is 9.59 Å². The van der Waals surface area contributed by atoms with Crippen LogP contribution in [0.2, 0.25) is 0 Å². The van der Waals surface area contributed by atoms with Gasteiger partial charge < -0.3 is 11.1 Å². The summed E-state index contributed by atoms with van der Waals surface area (Å²) in [6.45, 7) is -0.407. The fourth-order valence-corrected chi connectivity index (χ4v) is 9.23. The van der Waals surface area contributed by atoms with Crippen molar-refractivity contribution in [1.29, 1.82) is 0 Å². The molecule has 0 heterocycles. The number of rotatable bonds is 8. The van der Waals surface area contributed by atoms with E-state index < -0.39 is 45.4 Å². The number of nitrogens with two attached hydrogens (primary N) is 1. The lowest BCUT2D eigenvalue weighted by atomic mass is 9.47. The second-order valence-electron chi connectivity index (χ2n) is 12.2. The summed E-state index contributed by atoms with van der Waals surface area (Å²) in [6.07, 6.45) is 0.516. The summed E-state index contributed by atoms with van der Waals surface area (Å²) in [7, 11) is -4.24. The van der Waals surface area contributed by atoms with Crippen LogP contribution in [-0.4, -0.2) is 43.2 Å². The first kappa shape index (κ1) is 28.1. The molecule has 2 amide bonds. The van der Waals surface area contributed by atoms with E-state index in [0.29, 0.717) is 31.6 Å². The van der Waals surface area contributed by atoms with Gasteiger partial charge in [0.05, 0.1) is 17.0 Å². The molecule has 7 nitrogen and oxygen atoms in total.